The van der Waals surface area contributed by atoms with Crippen molar-refractivity contribution in [3.63, 3.8) is 0 Å². The van der Waals surface area contributed by atoms with Crippen LogP contribution in [0.15, 0.2) is 24.3 Å². The van der Waals surface area contributed by atoms with Crippen LogP contribution in [0.5, 0.6) is 0 Å². The molecule has 38 heavy (non-hydrogen) atoms. The van der Waals surface area contributed by atoms with E-state index in [2.05, 4.69) is 35.6 Å². The average Bonchev–Trinajstić information content (AvgIpc) is 3.53. The highest BCUT2D eigenvalue weighted by atomic mass is 35.5. The molecule has 1 unspecified atom stereocenters. The Bertz CT molecular complexity index is 1340. The Labute approximate surface area is 229 Å². The molecule has 2 aromatic heterocycles. The molecule has 2 atom stereocenters. The minimum atomic E-state index is -0.442. The zero-order valence-electron chi connectivity index (χ0n) is 21.1. The maximum absolute atomic E-state index is 13.2. The van der Waals surface area contributed by atoms with Gasteiger partial charge in [0.2, 0.25) is 0 Å². The van der Waals surface area contributed by atoms with Crippen molar-refractivity contribution >= 4 is 51.7 Å². The van der Waals surface area contributed by atoms with Crippen LogP contribution in [0.4, 0.5) is 4.79 Å². The lowest BCUT2D eigenvalue weighted by Crippen LogP contribution is -2.53. The first kappa shape index (κ1) is 26.5. The van der Waals surface area contributed by atoms with Crippen molar-refractivity contribution in [1.82, 2.24) is 30.8 Å². The largest absolute Gasteiger partial charge is 0.453 e. The number of aromatic amines is 1. The lowest BCUT2D eigenvalue weighted by atomic mass is 9.90. The van der Waals surface area contributed by atoms with Crippen LogP contribution in [-0.2, 0) is 17.7 Å². The fourth-order valence-corrected chi connectivity index (χ4v) is 6.34. The minimum absolute atomic E-state index is 0.164. The number of carbonyl (C=O) groups is 3. The molecule has 1 fully saturated rings. The first-order valence-corrected chi connectivity index (χ1v) is 14.0. The molecule has 3 amide bonds. The van der Waals surface area contributed by atoms with Gasteiger partial charge in [0.1, 0.15) is 5.69 Å². The van der Waals surface area contributed by atoms with Gasteiger partial charge >= 0.3 is 6.09 Å². The maximum atomic E-state index is 13.2. The molecule has 1 saturated carbocycles. The Morgan fingerprint density at radius 2 is 1.92 bits per heavy atom. The zero-order chi connectivity index (χ0) is 26.6. The van der Waals surface area contributed by atoms with Crippen molar-refractivity contribution in [1.29, 1.82) is 0 Å². The maximum Gasteiger partial charge on any atom is 0.406 e. The Balaban J connectivity index is 1.19. The van der Waals surface area contributed by atoms with E-state index < -0.39 is 6.09 Å². The minimum Gasteiger partial charge on any atom is -0.453 e. The molecule has 1 aliphatic carbocycles. The van der Waals surface area contributed by atoms with E-state index in [1.54, 1.807) is 12.1 Å². The Morgan fingerprint density at radius 1 is 1.16 bits per heavy atom. The van der Waals surface area contributed by atoms with E-state index in [9.17, 15) is 14.4 Å². The van der Waals surface area contributed by atoms with E-state index in [1.807, 2.05) is 12.1 Å². The molecular weight excluding hydrogens is 528 g/mol. The number of carbonyl (C=O) groups excluding carboxylic acids is 3. The third-order valence-electron chi connectivity index (χ3n) is 7.11. The number of alkyl carbamates (subject to hydrolysis) is 1. The summed E-state index contributed by atoms with van der Waals surface area (Å²) in [4.78, 5) is 48.5. The third-order valence-corrected chi connectivity index (χ3v) is 8.43. The standard InChI is InChI=1S/C26H31ClN6O4S/c1-37-26(36)28-9-11-33-10-8-20-22(14-33)38-25(32-20)24(35)31-19-5-3-2-4-18(19)30-23(34)21-13-15-12-16(27)6-7-17(15)29-21/h6-7,12-13,18-19,29H,2-5,8-11,14H2,1H3,(H,28,36)(H,30,34)(H,31,35)/t18-,19?/m0/s1. The second-order valence-electron chi connectivity index (χ2n) is 9.69. The average molecular weight is 559 g/mol. The van der Waals surface area contributed by atoms with E-state index in [-0.39, 0.29) is 23.9 Å². The molecule has 0 saturated heterocycles. The molecule has 10 nitrogen and oxygen atoms in total. The van der Waals surface area contributed by atoms with Gasteiger partial charge in [0.05, 0.1) is 12.8 Å². The third kappa shape index (κ3) is 6.11. The number of aromatic nitrogens is 2. The molecule has 0 radical (unpaired) electrons. The molecule has 12 heteroatoms. The van der Waals surface area contributed by atoms with E-state index in [1.165, 1.54) is 18.4 Å². The lowest BCUT2D eigenvalue weighted by molar-refractivity contribution is 0.0860. The highest BCUT2D eigenvalue weighted by molar-refractivity contribution is 7.13. The SMILES string of the molecule is COC(=O)NCCN1CCc2nc(C(=O)NC3CCCC[C@@H]3NC(=O)c3cc4cc(Cl)ccc4[nH]3)sc2C1. The Hall–Kier alpha value is -3.15. The number of hydrogen-bond acceptors (Lipinski definition) is 7. The van der Waals surface area contributed by atoms with Gasteiger partial charge in [-0.15, -0.1) is 11.3 Å². The van der Waals surface area contributed by atoms with E-state index in [0.29, 0.717) is 35.4 Å². The summed E-state index contributed by atoms with van der Waals surface area (Å²) < 4.78 is 4.61. The molecule has 0 spiro atoms. The highest BCUT2D eigenvalue weighted by Gasteiger charge is 2.30. The van der Waals surface area contributed by atoms with Crippen molar-refractivity contribution < 1.29 is 19.1 Å². The Kier molecular flexibility index (Phi) is 8.15. The molecule has 1 aliphatic heterocycles. The van der Waals surface area contributed by atoms with Gasteiger partial charge in [-0.25, -0.2) is 9.78 Å². The summed E-state index contributed by atoms with van der Waals surface area (Å²) >= 11 is 7.49. The topological polar surface area (TPSA) is 128 Å². The molecule has 3 aromatic rings. The van der Waals surface area contributed by atoms with Crippen LogP contribution in [0.3, 0.4) is 0 Å². The van der Waals surface area contributed by atoms with Crippen molar-refractivity contribution in [3.05, 3.63) is 50.6 Å². The highest BCUT2D eigenvalue weighted by Crippen LogP contribution is 2.26. The smallest absolute Gasteiger partial charge is 0.406 e. The Morgan fingerprint density at radius 3 is 2.68 bits per heavy atom. The summed E-state index contributed by atoms with van der Waals surface area (Å²) in [7, 11) is 1.34. The number of ether oxygens (including phenoxy) is 1. The van der Waals surface area contributed by atoms with Crippen molar-refractivity contribution in [2.24, 2.45) is 0 Å². The van der Waals surface area contributed by atoms with Gasteiger partial charge in [-0.05, 0) is 37.1 Å². The summed E-state index contributed by atoms with van der Waals surface area (Å²) in [6.45, 7) is 2.70. The van der Waals surface area contributed by atoms with Crippen LogP contribution >= 0.6 is 22.9 Å². The number of H-pyrrole nitrogens is 1. The molecule has 1 aromatic carbocycles. The summed E-state index contributed by atoms with van der Waals surface area (Å²) in [5.41, 5.74) is 2.28. The van der Waals surface area contributed by atoms with Crippen LogP contribution in [0, 0.1) is 0 Å². The number of nitrogens with one attached hydrogen (secondary N) is 4. The van der Waals surface area contributed by atoms with Gasteiger partial charge in [-0.1, -0.05) is 24.4 Å². The first-order valence-electron chi connectivity index (χ1n) is 12.8. The number of amides is 3. The number of halogens is 1. The summed E-state index contributed by atoms with van der Waals surface area (Å²) in [6.07, 6.45) is 3.89. The molecule has 4 N–H and O–H groups in total. The number of fused-ring (bicyclic) bond motifs is 2. The molecule has 202 valence electrons. The van der Waals surface area contributed by atoms with Gasteiger partial charge < -0.3 is 25.7 Å². The summed E-state index contributed by atoms with van der Waals surface area (Å²) in [5, 5.41) is 10.9. The van der Waals surface area contributed by atoms with Crippen LogP contribution in [-0.4, -0.2) is 71.6 Å². The molecule has 3 heterocycles. The van der Waals surface area contributed by atoms with Crippen LogP contribution < -0.4 is 16.0 Å². The monoisotopic (exact) mass is 558 g/mol. The van der Waals surface area contributed by atoms with Gasteiger partial charge in [0.25, 0.3) is 11.8 Å². The number of nitrogens with zero attached hydrogens (tertiary/aromatic N) is 2. The van der Waals surface area contributed by atoms with Crippen LogP contribution in [0.25, 0.3) is 10.9 Å². The predicted molar refractivity (Wildman–Crippen MR) is 146 cm³/mol. The normalized spacial score (nSPS) is 19.5. The predicted octanol–water partition coefficient (Wildman–Crippen LogP) is 3.46. The summed E-state index contributed by atoms with van der Waals surface area (Å²) in [6, 6.07) is 6.92. The number of rotatable bonds is 7. The van der Waals surface area contributed by atoms with E-state index >= 15 is 0 Å². The first-order chi connectivity index (χ1) is 18.4. The van der Waals surface area contributed by atoms with E-state index in [4.69, 9.17) is 11.6 Å². The van der Waals surface area contributed by atoms with Gasteiger partial charge in [-0.3, -0.25) is 14.5 Å². The number of methoxy groups -OCH3 is 1. The fourth-order valence-electron chi connectivity index (χ4n) is 5.10. The molecular formula is C26H31ClN6O4S. The van der Waals surface area contributed by atoms with Gasteiger partial charge in [0.15, 0.2) is 5.01 Å². The van der Waals surface area contributed by atoms with Gasteiger partial charge in [-0.2, -0.15) is 0 Å². The summed E-state index contributed by atoms with van der Waals surface area (Å²) in [5.74, 6) is -0.398. The second kappa shape index (κ2) is 11.7. The van der Waals surface area contributed by atoms with Crippen LogP contribution in [0.1, 0.15) is 56.5 Å². The molecule has 0 bridgehead atoms. The number of thiazole rings is 1. The van der Waals surface area contributed by atoms with Crippen LogP contribution in [0.2, 0.25) is 5.02 Å². The van der Waals surface area contributed by atoms with Crippen molar-refractivity contribution in [2.45, 2.75) is 50.7 Å². The molecule has 5 rings (SSSR count). The number of benzene rings is 1. The molecule has 2 aliphatic rings. The van der Waals surface area contributed by atoms with Gasteiger partial charge in [0, 0.05) is 65.5 Å². The van der Waals surface area contributed by atoms with Crippen molar-refractivity contribution in [2.75, 3.05) is 26.7 Å². The lowest BCUT2D eigenvalue weighted by Gasteiger charge is -2.32. The second-order valence-corrected chi connectivity index (χ2v) is 11.2. The quantitative estimate of drug-likeness (QED) is 0.351. The zero-order valence-corrected chi connectivity index (χ0v) is 22.7. The fraction of sp³-hybridized carbons (Fsp3) is 0.462. The van der Waals surface area contributed by atoms with E-state index in [0.717, 1.165) is 60.1 Å². The number of hydrogen-bond donors (Lipinski definition) is 4. The van der Waals surface area contributed by atoms with Crippen molar-refractivity contribution in [3.8, 4) is 0 Å².